The lowest BCUT2D eigenvalue weighted by Crippen LogP contribution is -2.46. The summed E-state index contributed by atoms with van der Waals surface area (Å²) in [5, 5.41) is 11.9. The van der Waals surface area contributed by atoms with Gasteiger partial charge in [-0.1, -0.05) is 0 Å². The van der Waals surface area contributed by atoms with Gasteiger partial charge in [0, 0.05) is 24.7 Å². The van der Waals surface area contributed by atoms with Gasteiger partial charge in [0.2, 0.25) is 5.91 Å². The summed E-state index contributed by atoms with van der Waals surface area (Å²) in [5.74, 6) is -0.0507. The fourth-order valence-electron chi connectivity index (χ4n) is 2.60. The van der Waals surface area contributed by atoms with Crippen LogP contribution in [0.15, 0.2) is 12.1 Å². The molecule has 1 aliphatic rings. The second kappa shape index (κ2) is 7.38. The van der Waals surface area contributed by atoms with Crippen LogP contribution in [-0.4, -0.2) is 41.7 Å². The van der Waals surface area contributed by atoms with Gasteiger partial charge in [-0.25, -0.2) is 9.78 Å². The van der Waals surface area contributed by atoms with Crippen LogP contribution in [0.1, 0.15) is 49.7 Å². The second-order valence-corrected chi connectivity index (χ2v) is 6.98. The zero-order valence-corrected chi connectivity index (χ0v) is 14.7. The fraction of sp³-hybridized carbons (Fsp3) is 0.529. The van der Waals surface area contributed by atoms with E-state index in [0.29, 0.717) is 31.7 Å². The minimum absolute atomic E-state index is 0.0147. The van der Waals surface area contributed by atoms with Gasteiger partial charge in [-0.3, -0.25) is 4.79 Å². The third-order valence-corrected chi connectivity index (χ3v) is 3.75. The number of rotatable bonds is 3. The zero-order valence-electron chi connectivity index (χ0n) is 14.7. The van der Waals surface area contributed by atoms with Gasteiger partial charge < -0.3 is 20.7 Å². The van der Waals surface area contributed by atoms with Gasteiger partial charge in [0.15, 0.2) is 0 Å². The second-order valence-electron chi connectivity index (χ2n) is 6.98. The van der Waals surface area contributed by atoms with Gasteiger partial charge in [-0.05, 0) is 45.7 Å². The molecule has 0 spiro atoms. The molecule has 1 aromatic heterocycles. The molecule has 0 saturated carbocycles. The largest absolute Gasteiger partial charge is 0.444 e. The van der Waals surface area contributed by atoms with Crippen molar-refractivity contribution in [2.45, 2.75) is 45.3 Å². The Balaban J connectivity index is 1.98. The number of aromatic nitrogens is 1. The number of alkyl carbamates (subject to hydrolysis) is 1. The predicted molar refractivity (Wildman–Crippen MR) is 92.1 cm³/mol. The molecular weight excluding hydrogens is 322 g/mol. The predicted octanol–water partition coefficient (Wildman–Crippen LogP) is 1.55. The molecule has 0 bridgehead atoms. The maximum absolute atomic E-state index is 11.8. The van der Waals surface area contributed by atoms with Crippen molar-refractivity contribution in [3.05, 3.63) is 23.4 Å². The number of nitriles is 1. The summed E-state index contributed by atoms with van der Waals surface area (Å²) in [6, 6.07) is 4.92. The molecule has 0 unspecified atom stereocenters. The van der Waals surface area contributed by atoms with Crippen molar-refractivity contribution >= 4 is 17.8 Å². The van der Waals surface area contributed by atoms with Crippen molar-refractivity contribution in [3.63, 3.8) is 0 Å². The first-order chi connectivity index (χ1) is 11.7. The number of nitrogens with two attached hydrogens (primary N) is 1. The van der Waals surface area contributed by atoms with E-state index in [4.69, 9.17) is 15.7 Å². The summed E-state index contributed by atoms with van der Waals surface area (Å²) in [5.41, 5.74) is 5.19. The van der Waals surface area contributed by atoms with E-state index in [9.17, 15) is 9.59 Å². The molecule has 2 amide bonds. The van der Waals surface area contributed by atoms with Gasteiger partial charge in [-0.15, -0.1) is 0 Å². The molecule has 1 aliphatic heterocycles. The summed E-state index contributed by atoms with van der Waals surface area (Å²) >= 11 is 0. The quantitative estimate of drug-likeness (QED) is 0.857. The molecule has 25 heavy (non-hydrogen) atoms. The number of carbonyl (C=O) groups is 2. The number of hydrogen-bond acceptors (Lipinski definition) is 6. The van der Waals surface area contributed by atoms with E-state index >= 15 is 0 Å². The van der Waals surface area contributed by atoms with E-state index in [1.807, 2.05) is 31.7 Å². The molecule has 0 aliphatic carbocycles. The average Bonchev–Trinajstić information content (AvgIpc) is 2.53. The van der Waals surface area contributed by atoms with Crippen LogP contribution in [-0.2, 0) is 4.74 Å². The van der Waals surface area contributed by atoms with Crippen LogP contribution >= 0.6 is 0 Å². The van der Waals surface area contributed by atoms with E-state index in [1.54, 1.807) is 6.07 Å². The number of pyridine rings is 1. The number of amides is 2. The van der Waals surface area contributed by atoms with Crippen molar-refractivity contribution in [1.29, 1.82) is 5.26 Å². The maximum Gasteiger partial charge on any atom is 0.407 e. The van der Waals surface area contributed by atoms with Crippen molar-refractivity contribution in [2.75, 3.05) is 18.0 Å². The Hall–Kier alpha value is -2.82. The van der Waals surface area contributed by atoms with Crippen LogP contribution in [0.3, 0.4) is 0 Å². The lowest BCUT2D eigenvalue weighted by Gasteiger charge is -2.33. The first-order valence-electron chi connectivity index (χ1n) is 8.14. The molecule has 8 heteroatoms. The summed E-state index contributed by atoms with van der Waals surface area (Å²) in [4.78, 5) is 29.4. The molecule has 0 radical (unpaired) electrons. The molecule has 0 aromatic carbocycles. The third kappa shape index (κ3) is 5.35. The van der Waals surface area contributed by atoms with Gasteiger partial charge in [0.05, 0.1) is 0 Å². The molecule has 1 aromatic rings. The number of ether oxygens (including phenoxy) is 1. The average molecular weight is 345 g/mol. The first kappa shape index (κ1) is 18.5. The maximum atomic E-state index is 11.8. The zero-order chi connectivity index (χ0) is 18.6. The first-order valence-corrected chi connectivity index (χ1v) is 8.14. The van der Waals surface area contributed by atoms with Crippen molar-refractivity contribution in [3.8, 4) is 6.07 Å². The molecular formula is C17H23N5O3. The van der Waals surface area contributed by atoms with Crippen LogP contribution in [0.25, 0.3) is 0 Å². The Morgan fingerprint density at radius 3 is 2.52 bits per heavy atom. The van der Waals surface area contributed by atoms with Gasteiger partial charge in [0.1, 0.15) is 23.2 Å². The normalized spacial score (nSPS) is 15.4. The number of nitrogens with one attached hydrogen (secondary N) is 1. The molecule has 2 heterocycles. The molecule has 0 atom stereocenters. The highest BCUT2D eigenvalue weighted by atomic mass is 16.6. The van der Waals surface area contributed by atoms with E-state index in [1.165, 1.54) is 6.07 Å². The number of primary amides is 1. The van der Waals surface area contributed by atoms with E-state index in [-0.39, 0.29) is 17.3 Å². The smallest absolute Gasteiger partial charge is 0.407 e. The fourth-order valence-corrected chi connectivity index (χ4v) is 2.60. The number of hydrogen-bond donors (Lipinski definition) is 2. The molecule has 1 saturated heterocycles. The van der Waals surface area contributed by atoms with Gasteiger partial charge in [-0.2, -0.15) is 5.26 Å². The lowest BCUT2D eigenvalue weighted by atomic mass is 10.0. The summed E-state index contributed by atoms with van der Waals surface area (Å²) in [7, 11) is 0. The van der Waals surface area contributed by atoms with E-state index < -0.39 is 17.6 Å². The van der Waals surface area contributed by atoms with E-state index in [2.05, 4.69) is 10.3 Å². The Labute approximate surface area is 147 Å². The number of anilines is 1. The SMILES string of the molecule is CC(C)(C)OC(=O)NC1CCN(c2cc(C(N)=O)cc(C#N)n2)CC1. The number of carbonyl (C=O) groups excluding carboxylic acids is 2. The highest BCUT2D eigenvalue weighted by Crippen LogP contribution is 2.20. The highest BCUT2D eigenvalue weighted by molar-refractivity contribution is 5.93. The van der Waals surface area contributed by atoms with E-state index in [0.717, 1.165) is 0 Å². The standard InChI is InChI=1S/C17H23N5O3/c1-17(2,3)25-16(24)21-12-4-6-22(7-5-12)14-9-11(15(19)23)8-13(10-18)20-14/h8-9,12H,4-7H2,1-3H3,(H2,19,23)(H,21,24). The van der Waals surface area contributed by atoms with Crippen LogP contribution in [0.2, 0.25) is 0 Å². The van der Waals surface area contributed by atoms with Gasteiger partial charge in [0.25, 0.3) is 0 Å². The monoisotopic (exact) mass is 345 g/mol. The van der Waals surface area contributed by atoms with Crippen LogP contribution in [0.5, 0.6) is 0 Å². The summed E-state index contributed by atoms with van der Waals surface area (Å²) < 4.78 is 5.26. The topological polar surface area (TPSA) is 121 Å². The molecule has 134 valence electrons. The Kier molecular flexibility index (Phi) is 5.47. The van der Waals surface area contributed by atoms with Crippen molar-refractivity contribution < 1.29 is 14.3 Å². The van der Waals surface area contributed by atoms with Crippen molar-refractivity contribution in [1.82, 2.24) is 10.3 Å². The molecule has 1 fully saturated rings. The lowest BCUT2D eigenvalue weighted by molar-refractivity contribution is 0.0497. The van der Waals surface area contributed by atoms with Crippen LogP contribution in [0.4, 0.5) is 10.6 Å². The summed E-state index contributed by atoms with van der Waals surface area (Å²) in [6.45, 7) is 6.74. The van der Waals surface area contributed by atoms with Crippen LogP contribution in [0, 0.1) is 11.3 Å². The van der Waals surface area contributed by atoms with Crippen molar-refractivity contribution in [2.24, 2.45) is 5.73 Å². The molecule has 8 nitrogen and oxygen atoms in total. The van der Waals surface area contributed by atoms with Gasteiger partial charge >= 0.3 is 6.09 Å². The molecule has 3 N–H and O–H groups in total. The third-order valence-electron chi connectivity index (χ3n) is 3.75. The highest BCUT2D eigenvalue weighted by Gasteiger charge is 2.24. The number of piperidine rings is 1. The minimum atomic E-state index is -0.596. The number of nitrogens with zero attached hydrogens (tertiary/aromatic N) is 3. The Bertz CT molecular complexity index is 697. The minimum Gasteiger partial charge on any atom is -0.444 e. The van der Waals surface area contributed by atoms with Crippen LogP contribution < -0.4 is 16.0 Å². The Morgan fingerprint density at radius 1 is 1.36 bits per heavy atom. The summed E-state index contributed by atoms with van der Waals surface area (Å²) in [6.07, 6.45) is 0.999. The molecule has 2 rings (SSSR count). The Morgan fingerprint density at radius 2 is 2.00 bits per heavy atom.